The standard InChI is InChI=1S/C17H20ClN3O/c1-13-10-16(22)21(12-14-6-5-7-15(18)11-14)17(19-13)20-8-3-2-4-9-20/h5-7,10-11H,2-4,8-9,12H2,1H3. The zero-order valence-corrected chi connectivity index (χ0v) is 13.5. The first kappa shape index (κ1) is 15.1. The molecule has 2 aromatic rings. The minimum absolute atomic E-state index is 0.00644. The van der Waals surface area contributed by atoms with Gasteiger partial charge in [-0.15, -0.1) is 0 Å². The van der Waals surface area contributed by atoms with Crippen molar-refractivity contribution in [3.8, 4) is 0 Å². The summed E-state index contributed by atoms with van der Waals surface area (Å²) in [5, 5.41) is 0.685. The van der Waals surface area contributed by atoms with E-state index in [-0.39, 0.29) is 5.56 Å². The van der Waals surface area contributed by atoms with E-state index in [0.717, 1.165) is 43.1 Å². The summed E-state index contributed by atoms with van der Waals surface area (Å²) in [5.74, 6) is 0.782. The molecule has 0 radical (unpaired) electrons. The lowest BCUT2D eigenvalue weighted by Gasteiger charge is -2.29. The molecule has 0 atom stereocenters. The van der Waals surface area contributed by atoms with Crippen LogP contribution in [0.4, 0.5) is 5.95 Å². The number of hydrogen-bond acceptors (Lipinski definition) is 3. The van der Waals surface area contributed by atoms with Crippen molar-refractivity contribution >= 4 is 17.5 Å². The number of benzene rings is 1. The highest BCUT2D eigenvalue weighted by molar-refractivity contribution is 6.30. The Bertz CT molecular complexity index is 720. The summed E-state index contributed by atoms with van der Waals surface area (Å²) in [6.45, 7) is 4.30. The number of rotatable bonds is 3. The number of nitrogens with zero attached hydrogens (tertiary/aromatic N) is 3. The smallest absolute Gasteiger partial charge is 0.255 e. The zero-order chi connectivity index (χ0) is 15.5. The Hall–Kier alpha value is -1.81. The van der Waals surface area contributed by atoms with Crippen molar-refractivity contribution in [1.82, 2.24) is 9.55 Å². The average Bonchev–Trinajstić information content (AvgIpc) is 2.51. The fourth-order valence-electron chi connectivity index (χ4n) is 2.91. The van der Waals surface area contributed by atoms with Gasteiger partial charge in [-0.1, -0.05) is 23.7 Å². The van der Waals surface area contributed by atoms with Crippen molar-refractivity contribution in [3.05, 3.63) is 57.0 Å². The highest BCUT2D eigenvalue weighted by atomic mass is 35.5. The second-order valence-corrected chi connectivity index (χ2v) is 6.24. The van der Waals surface area contributed by atoms with E-state index in [0.29, 0.717) is 11.6 Å². The lowest BCUT2D eigenvalue weighted by Crippen LogP contribution is -2.36. The van der Waals surface area contributed by atoms with Crippen molar-refractivity contribution in [2.75, 3.05) is 18.0 Å². The second-order valence-electron chi connectivity index (χ2n) is 5.80. The molecule has 1 saturated heterocycles. The highest BCUT2D eigenvalue weighted by Gasteiger charge is 2.17. The molecule has 1 aliphatic rings. The minimum atomic E-state index is -0.00644. The van der Waals surface area contributed by atoms with Gasteiger partial charge >= 0.3 is 0 Å². The molecule has 0 bridgehead atoms. The lowest BCUT2D eigenvalue weighted by molar-refractivity contribution is 0.550. The van der Waals surface area contributed by atoms with Gasteiger partial charge in [0.25, 0.3) is 5.56 Å². The van der Waals surface area contributed by atoms with Crippen molar-refractivity contribution in [3.63, 3.8) is 0 Å². The van der Waals surface area contributed by atoms with E-state index in [1.165, 1.54) is 6.42 Å². The third-order valence-electron chi connectivity index (χ3n) is 3.98. The number of aromatic nitrogens is 2. The molecule has 116 valence electrons. The average molecular weight is 318 g/mol. The van der Waals surface area contributed by atoms with Crippen molar-refractivity contribution in [1.29, 1.82) is 0 Å². The Morgan fingerprint density at radius 2 is 1.95 bits per heavy atom. The number of halogens is 1. The largest absolute Gasteiger partial charge is 0.342 e. The first-order chi connectivity index (χ1) is 10.6. The van der Waals surface area contributed by atoms with Gasteiger partial charge in [0.15, 0.2) is 0 Å². The first-order valence-corrected chi connectivity index (χ1v) is 8.09. The minimum Gasteiger partial charge on any atom is -0.342 e. The molecule has 1 fully saturated rings. The van der Waals surface area contributed by atoms with Crippen LogP contribution in [0.2, 0.25) is 5.02 Å². The van der Waals surface area contributed by atoms with E-state index in [9.17, 15) is 4.79 Å². The van der Waals surface area contributed by atoms with Gasteiger partial charge < -0.3 is 4.90 Å². The van der Waals surface area contributed by atoms with Crippen molar-refractivity contribution < 1.29 is 0 Å². The van der Waals surface area contributed by atoms with Crippen LogP contribution in [0.5, 0.6) is 0 Å². The molecule has 0 unspecified atom stereocenters. The second kappa shape index (κ2) is 6.53. The van der Waals surface area contributed by atoms with Crippen LogP contribution in [0.3, 0.4) is 0 Å². The van der Waals surface area contributed by atoms with E-state index >= 15 is 0 Å². The fraction of sp³-hybridized carbons (Fsp3) is 0.412. The molecule has 1 aromatic heterocycles. The monoisotopic (exact) mass is 317 g/mol. The molecule has 1 aliphatic heterocycles. The van der Waals surface area contributed by atoms with Crippen molar-refractivity contribution in [2.24, 2.45) is 0 Å². The van der Waals surface area contributed by atoms with Gasteiger partial charge in [0.05, 0.1) is 6.54 Å². The Morgan fingerprint density at radius 1 is 1.18 bits per heavy atom. The summed E-state index contributed by atoms with van der Waals surface area (Å²) in [6, 6.07) is 9.22. The number of hydrogen-bond donors (Lipinski definition) is 0. The molecule has 2 heterocycles. The van der Waals surface area contributed by atoms with Gasteiger partial charge in [-0.05, 0) is 43.9 Å². The lowest BCUT2D eigenvalue weighted by atomic mass is 10.1. The van der Waals surface area contributed by atoms with Crippen LogP contribution in [0.1, 0.15) is 30.5 Å². The van der Waals surface area contributed by atoms with E-state index in [1.807, 2.05) is 31.2 Å². The Labute approximate surface area is 135 Å². The van der Waals surface area contributed by atoms with E-state index in [1.54, 1.807) is 10.6 Å². The summed E-state index contributed by atoms with van der Waals surface area (Å²) >= 11 is 6.05. The predicted octanol–water partition coefficient (Wildman–Crippen LogP) is 3.24. The van der Waals surface area contributed by atoms with Crippen LogP contribution in [0.25, 0.3) is 0 Å². The number of aryl methyl sites for hydroxylation is 1. The van der Waals surface area contributed by atoms with Gasteiger partial charge in [-0.3, -0.25) is 9.36 Å². The molecule has 0 saturated carbocycles. The van der Waals surface area contributed by atoms with Gasteiger partial charge in [-0.2, -0.15) is 0 Å². The van der Waals surface area contributed by atoms with Gasteiger partial charge in [0, 0.05) is 29.9 Å². The van der Waals surface area contributed by atoms with Crippen LogP contribution in [0.15, 0.2) is 35.1 Å². The predicted molar refractivity (Wildman–Crippen MR) is 89.9 cm³/mol. The summed E-state index contributed by atoms with van der Waals surface area (Å²) in [7, 11) is 0. The van der Waals surface area contributed by atoms with Gasteiger partial charge in [0.2, 0.25) is 5.95 Å². The van der Waals surface area contributed by atoms with Gasteiger partial charge in [-0.25, -0.2) is 4.98 Å². The zero-order valence-electron chi connectivity index (χ0n) is 12.8. The quantitative estimate of drug-likeness (QED) is 0.872. The molecule has 1 aromatic carbocycles. The van der Waals surface area contributed by atoms with Crippen LogP contribution in [-0.4, -0.2) is 22.6 Å². The molecule has 0 amide bonds. The topological polar surface area (TPSA) is 38.1 Å². The third kappa shape index (κ3) is 3.33. The SMILES string of the molecule is Cc1cc(=O)n(Cc2cccc(Cl)c2)c(N2CCCCC2)n1. The molecule has 0 N–H and O–H groups in total. The van der Waals surface area contributed by atoms with E-state index in [2.05, 4.69) is 9.88 Å². The van der Waals surface area contributed by atoms with E-state index < -0.39 is 0 Å². The maximum atomic E-state index is 12.5. The van der Waals surface area contributed by atoms with Crippen LogP contribution >= 0.6 is 11.6 Å². The third-order valence-corrected chi connectivity index (χ3v) is 4.22. The molecule has 3 rings (SSSR count). The van der Waals surface area contributed by atoms with Crippen LogP contribution in [-0.2, 0) is 6.54 Å². The molecular weight excluding hydrogens is 298 g/mol. The molecular formula is C17H20ClN3O. The summed E-state index contributed by atoms with van der Waals surface area (Å²) in [4.78, 5) is 19.3. The molecule has 5 heteroatoms. The maximum absolute atomic E-state index is 12.5. The summed E-state index contributed by atoms with van der Waals surface area (Å²) in [6.07, 6.45) is 3.56. The van der Waals surface area contributed by atoms with Crippen LogP contribution in [0, 0.1) is 6.92 Å². The molecule has 0 aliphatic carbocycles. The van der Waals surface area contributed by atoms with E-state index in [4.69, 9.17) is 11.6 Å². The molecule has 4 nitrogen and oxygen atoms in total. The highest BCUT2D eigenvalue weighted by Crippen LogP contribution is 2.19. The Kier molecular flexibility index (Phi) is 4.48. The maximum Gasteiger partial charge on any atom is 0.255 e. The Balaban J connectivity index is 2.00. The molecule has 22 heavy (non-hydrogen) atoms. The van der Waals surface area contributed by atoms with Crippen molar-refractivity contribution in [2.45, 2.75) is 32.7 Å². The summed E-state index contributed by atoms with van der Waals surface area (Å²) in [5.41, 5.74) is 1.78. The summed E-state index contributed by atoms with van der Waals surface area (Å²) < 4.78 is 1.75. The number of piperidine rings is 1. The number of anilines is 1. The Morgan fingerprint density at radius 3 is 2.68 bits per heavy atom. The van der Waals surface area contributed by atoms with Crippen LogP contribution < -0.4 is 10.5 Å². The molecule has 0 spiro atoms. The van der Waals surface area contributed by atoms with Gasteiger partial charge in [0.1, 0.15) is 0 Å². The first-order valence-electron chi connectivity index (χ1n) is 7.71. The fourth-order valence-corrected chi connectivity index (χ4v) is 3.12. The normalized spacial score (nSPS) is 15.1.